The molecule has 0 amide bonds. The number of sulfonamides is 1. The summed E-state index contributed by atoms with van der Waals surface area (Å²) in [6.07, 6.45) is 0.402. The molecule has 0 saturated carbocycles. The second-order valence-electron chi connectivity index (χ2n) is 6.50. The number of rotatable bonds is 7. The molecule has 8 nitrogen and oxygen atoms in total. The van der Waals surface area contributed by atoms with Gasteiger partial charge in [-0.1, -0.05) is 12.1 Å². The zero-order valence-electron chi connectivity index (χ0n) is 15.7. The van der Waals surface area contributed by atoms with Gasteiger partial charge in [0, 0.05) is 24.5 Å². The Morgan fingerprint density at radius 2 is 1.90 bits per heavy atom. The maximum atomic E-state index is 13.7. The zero-order valence-corrected chi connectivity index (χ0v) is 16.5. The lowest BCUT2D eigenvalue weighted by Gasteiger charge is -2.10. The third-order valence-electron chi connectivity index (χ3n) is 4.49. The van der Waals surface area contributed by atoms with Gasteiger partial charge in [-0.2, -0.15) is 5.26 Å². The van der Waals surface area contributed by atoms with Crippen molar-refractivity contribution in [2.24, 2.45) is 0 Å². The van der Waals surface area contributed by atoms with E-state index in [1.165, 1.54) is 18.2 Å². The van der Waals surface area contributed by atoms with E-state index >= 15 is 0 Å². The predicted molar refractivity (Wildman–Crippen MR) is 107 cm³/mol. The van der Waals surface area contributed by atoms with Crippen molar-refractivity contribution in [1.82, 2.24) is 9.71 Å². The number of aromatic nitrogens is 1. The van der Waals surface area contributed by atoms with Gasteiger partial charge >= 0.3 is 0 Å². The van der Waals surface area contributed by atoms with E-state index in [0.717, 1.165) is 11.5 Å². The molecule has 0 unspecified atom stereocenters. The summed E-state index contributed by atoms with van der Waals surface area (Å²) >= 11 is 0. The van der Waals surface area contributed by atoms with E-state index in [1.54, 1.807) is 18.2 Å². The second kappa shape index (κ2) is 8.14. The largest absolute Gasteiger partial charge is 0.454 e. The Balaban J connectivity index is 1.40. The summed E-state index contributed by atoms with van der Waals surface area (Å²) in [5, 5.41) is 13.2. The van der Waals surface area contributed by atoms with Gasteiger partial charge in [-0.25, -0.2) is 22.5 Å². The molecule has 2 heterocycles. The summed E-state index contributed by atoms with van der Waals surface area (Å²) in [4.78, 5) is 4.08. The molecule has 30 heavy (non-hydrogen) atoms. The third kappa shape index (κ3) is 3.98. The number of pyridine rings is 1. The summed E-state index contributed by atoms with van der Waals surface area (Å²) in [6.45, 7) is 0.597. The lowest BCUT2D eigenvalue weighted by atomic mass is 10.1. The molecule has 0 bridgehead atoms. The molecule has 1 aliphatic heterocycles. The summed E-state index contributed by atoms with van der Waals surface area (Å²) in [5.74, 6) is 0.785. The van der Waals surface area contributed by atoms with Crippen LogP contribution in [0.15, 0.2) is 47.4 Å². The second-order valence-corrected chi connectivity index (χ2v) is 8.24. The monoisotopic (exact) mass is 428 g/mol. The van der Waals surface area contributed by atoms with Gasteiger partial charge in [-0.15, -0.1) is 0 Å². The highest BCUT2D eigenvalue weighted by atomic mass is 32.2. The maximum absolute atomic E-state index is 13.7. The summed E-state index contributed by atoms with van der Waals surface area (Å²) in [6, 6.07) is 12.5. The van der Waals surface area contributed by atoms with E-state index in [0.29, 0.717) is 41.4 Å². The average molecular weight is 428 g/mol. The van der Waals surface area contributed by atoms with Crippen LogP contribution >= 0.6 is 0 Å². The molecular weight excluding hydrogens is 411 g/mol. The molecule has 0 radical (unpaired) electrons. The number of anilines is 1. The lowest BCUT2D eigenvalue weighted by molar-refractivity contribution is 0.174. The SMILES string of the molecule is N#Cc1cc2cc3c(cc2nc1NCCCNS(=O)(=O)c1ccccc1F)OCO3. The molecule has 154 valence electrons. The Hall–Kier alpha value is -3.42. The minimum Gasteiger partial charge on any atom is -0.454 e. The summed E-state index contributed by atoms with van der Waals surface area (Å²) in [5.41, 5.74) is 0.995. The van der Waals surface area contributed by atoms with Crippen molar-refractivity contribution in [3.05, 3.63) is 53.8 Å². The summed E-state index contributed by atoms with van der Waals surface area (Å²) < 4.78 is 51.1. The van der Waals surface area contributed by atoms with Gasteiger partial charge < -0.3 is 14.8 Å². The number of fused-ring (bicyclic) bond motifs is 2. The van der Waals surface area contributed by atoms with Gasteiger partial charge in [0.1, 0.15) is 22.6 Å². The summed E-state index contributed by atoms with van der Waals surface area (Å²) in [7, 11) is -3.93. The van der Waals surface area contributed by atoms with Crippen molar-refractivity contribution >= 4 is 26.7 Å². The molecule has 3 aromatic rings. The molecule has 0 atom stereocenters. The number of nitrogens with one attached hydrogen (secondary N) is 2. The average Bonchev–Trinajstić information content (AvgIpc) is 3.18. The molecule has 1 aromatic heterocycles. The normalized spacial score (nSPS) is 12.7. The minimum absolute atomic E-state index is 0.0951. The number of benzene rings is 2. The van der Waals surface area contributed by atoms with E-state index in [9.17, 15) is 18.1 Å². The molecule has 4 rings (SSSR count). The Morgan fingerprint density at radius 3 is 2.67 bits per heavy atom. The first-order chi connectivity index (χ1) is 14.5. The molecule has 10 heteroatoms. The zero-order chi connectivity index (χ0) is 21.1. The first-order valence-electron chi connectivity index (χ1n) is 9.10. The topological polar surface area (TPSA) is 113 Å². The highest BCUT2D eigenvalue weighted by Crippen LogP contribution is 2.36. The first kappa shape index (κ1) is 19.9. The predicted octanol–water partition coefficient (Wildman–Crippen LogP) is 2.75. The number of nitriles is 1. The Labute approximate surface area is 172 Å². The van der Waals surface area contributed by atoms with Gasteiger partial charge in [0.15, 0.2) is 11.5 Å². The lowest BCUT2D eigenvalue weighted by Crippen LogP contribution is -2.27. The van der Waals surface area contributed by atoms with Crippen LogP contribution in [-0.2, 0) is 10.0 Å². The molecule has 1 aliphatic rings. The molecule has 2 aromatic carbocycles. The fourth-order valence-electron chi connectivity index (χ4n) is 3.03. The molecule has 2 N–H and O–H groups in total. The smallest absolute Gasteiger partial charge is 0.243 e. The molecular formula is C20H17FN4O4S. The van der Waals surface area contributed by atoms with E-state index < -0.39 is 15.8 Å². The van der Waals surface area contributed by atoms with E-state index in [-0.39, 0.29) is 18.2 Å². The van der Waals surface area contributed by atoms with Crippen LogP contribution in [0.25, 0.3) is 10.9 Å². The van der Waals surface area contributed by atoms with Crippen molar-refractivity contribution < 1.29 is 22.3 Å². The fourth-order valence-corrected chi connectivity index (χ4v) is 4.18. The van der Waals surface area contributed by atoms with Crippen LogP contribution < -0.4 is 19.5 Å². The van der Waals surface area contributed by atoms with Crippen LogP contribution in [0.2, 0.25) is 0 Å². The van der Waals surface area contributed by atoms with Crippen LogP contribution in [0.4, 0.5) is 10.2 Å². The number of hydrogen-bond acceptors (Lipinski definition) is 7. The van der Waals surface area contributed by atoms with Crippen molar-refractivity contribution in [3.8, 4) is 17.6 Å². The van der Waals surface area contributed by atoms with Crippen molar-refractivity contribution in [2.75, 3.05) is 25.2 Å². The van der Waals surface area contributed by atoms with Gasteiger partial charge in [0.05, 0.1) is 11.1 Å². The van der Waals surface area contributed by atoms with Gasteiger partial charge in [-0.05, 0) is 30.7 Å². The Morgan fingerprint density at radius 1 is 1.13 bits per heavy atom. The van der Waals surface area contributed by atoms with E-state index in [4.69, 9.17) is 9.47 Å². The van der Waals surface area contributed by atoms with Crippen LogP contribution in [-0.4, -0.2) is 33.3 Å². The van der Waals surface area contributed by atoms with E-state index in [1.807, 2.05) is 0 Å². The van der Waals surface area contributed by atoms with Crippen molar-refractivity contribution in [2.45, 2.75) is 11.3 Å². The Kier molecular flexibility index (Phi) is 5.39. The number of nitrogens with zero attached hydrogens (tertiary/aromatic N) is 2. The number of hydrogen-bond donors (Lipinski definition) is 2. The van der Waals surface area contributed by atoms with Crippen LogP contribution in [0.5, 0.6) is 11.5 Å². The standard InChI is InChI=1S/C20H17FN4O4S/c21-15-4-1-2-5-19(15)30(26,27)24-7-3-6-23-20-14(11-22)8-13-9-17-18(29-12-28-17)10-16(13)25-20/h1-2,4-5,8-10,24H,3,6-7,12H2,(H,23,25). The maximum Gasteiger partial charge on any atom is 0.243 e. The third-order valence-corrected chi connectivity index (χ3v) is 5.99. The molecule has 0 spiro atoms. The first-order valence-corrected chi connectivity index (χ1v) is 10.6. The van der Waals surface area contributed by atoms with Crippen LogP contribution in [0.1, 0.15) is 12.0 Å². The Bertz CT molecular complexity index is 1260. The number of ether oxygens (including phenoxy) is 2. The van der Waals surface area contributed by atoms with E-state index in [2.05, 4.69) is 21.1 Å². The van der Waals surface area contributed by atoms with Gasteiger partial charge in [0.25, 0.3) is 0 Å². The van der Waals surface area contributed by atoms with Crippen LogP contribution in [0.3, 0.4) is 0 Å². The van der Waals surface area contributed by atoms with Crippen molar-refractivity contribution in [3.63, 3.8) is 0 Å². The molecule has 0 saturated heterocycles. The quantitative estimate of drug-likeness (QED) is 0.556. The highest BCUT2D eigenvalue weighted by Gasteiger charge is 2.18. The minimum atomic E-state index is -3.93. The van der Waals surface area contributed by atoms with Crippen molar-refractivity contribution in [1.29, 1.82) is 5.26 Å². The van der Waals surface area contributed by atoms with Gasteiger partial charge in [-0.3, -0.25) is 0 Å². The van der Waals surface area contributed by atoms with Gasteiger partial charge in [0.2, 0.25) is 16.8 Å². The van der Waals surface area contributed by atoms with Crippen LogP contribution in [0, 0.1) is 17.1 Å². The molecule has 0 fully saturated rings. The highest BCUT2D eigenvalue weighted by molar-refractivity contribution is 7.89. The fraction of sp³-hybridized carbons (Fsp3) is 0.200. The number of halogens is 1. The molecule has 0 aliphatic carbocycles.